The van der Waals surface area contributed by atoms with Crippen LogP contribution in [-0.4, -0.2) is 140 Å². The van der Waals surface area contributed by atoms with Gasteiger partial charge in [0.25, 0.3) is 0 Å². The lowest BCUT2D eigenvalue weighted by Crippen LogP contribution is -2.65. The lowest BCUT2D eigenvalue weighted by molar-refractivity contribution is -0.359. The van der Waals surface area contributed by atoms with E-state index in [2.05, 4.69) is 31.3 Å². The Morgan fingerprint density at radius 2 is 0.696 bits per heavy atom. The number of unbranched alkanes of at least 4 members (excludes halogenated alkanes) is 52. The number of aliphatic hydroxyl groups is 8. The summed E-state index contributed by atoms with van der Waals surface area (Å²) < 4.78 is 22.9. The first-order valence-electron chi connectivity index (χ1n) is 39.6. The van der Waals surface area contributed by atoms with Crippen LogP contribution in [0.1, 0.15) is 373 Å². The second kappa shape index (κ2) is 63.0. The maximum Gasteiger partial charge on any atom is 0.220 e. The first-order valence-corrected chi connectivity index (χ1v) is 39.6. The van der Waals surface area contributed by atoms with Crippen molar-refractivity contribution in [3.05, 3.63) is 24.3 Å². The zero-order valence-corrected chi connectivity index (χ0v) is 59.6. The van der Waals surface area contributed by atoms with Gasteiger partial charge in [-0.1, -0.05) is 359 Å². The molecule has 544 valence electrons. The number of hydrogen-bond donors (Lipinski definition) is 9. The Kier molecular flexibility index (Phi) is 59.2. The number of ether oxygens (including phenoxy) is 4. The van der Waals surface area contributed by atoms with Gasteiger partial charge in [-0.15, -0.1) is 0 Å². The fourth-order valence-electron chi connectivity index (χ4n) is 13.4. The van der Waals surface area contributed by atoms with Crippen LogP contribution in [0.15, 0.2) is 24.3 Å². The highest BCUT2D eigenvalue weighted by Crippen LogP contribution is 2.30. The number of aliphatic hydroxyl groups excluding tert-OH is 8. The first-order chi connectivity index (χ1) is 45.1. The molecule has 2 aliphatic heterocycles. The van der Waals surface area contributed by atoms with Crippen molar-refractivity contribution < 1.29 is 64.6 Å². The molecule has 9 N–H and O–H groups in total. The van der Waals surface area contributed by atoms with Crippen LogP contribution in [0.4, 0.5) is 0 Å². The Labute approximate surface area is 564 Å². The van der Waals surface area contributed by atoms with Crippen molar-refractivity contribution in [2.24, 2.45) is 0 Å². The molecule has 0 saturated carbocycles. The Morgan fingerprint density at radius 3 is 1.07 bits per heavy atom. The molecule has 2 rings (SSSR count). The van der Waals surface area contributed by atoms with Gasteiger partial charge in [-0.3, -0.25) is 4.79 Å². The summed E-state index contributed by atoms with van der Waals surface area (Å²) in [5.41, 5.74) is 0. The van der Waals surface area contributed by atoms with Gasteiger partial charge in [-0.25, -0.2) is 0 Å². The topological polar surface area (TPSA) is 228 Å². The summed E-state index contributed by atoms with van der Waals surface area (Å²) in [7, 11) is 0. The van der Waals surface area contributed by atoms with Crippen molar-refractivity contribution in [3.63, 3.8) is 0 Å². The highest BCUT2D eigenvalue weighted by atomic mass is 16.7. The summed E-state index contributed by atoms with van der Waals surface area (Å²) in [4.78, 5) is 13.3. The summed E-state index contributed by atoms with van der Waals surface area (Å²) in [6, 6.07) is -0.929. The molecule has 0 aromatic rings. The van der Waals surface area contributed by atoms with E-state index < -0.39 is 86.8 Å². The van der Waals surface area contributed by atoms with Crippen LogP contribution in [0.5, 0.6) is 0 Å². The average molecular weight is 1310 g/mol. The number of carbonyl (C=O) groups excluding carboxylic acids is 1. The Balaban J connectivity index is 1.55. The largest absolute Gasteiger partial charge is 0.394 e. The Bertz CT molecular complexity index is 1640. The van der Waals surface area contributed by atoms with E-state index in [-0.39, 0.29) is 18.9 Å². The zero-order chi connectivity index (χ0) is 66.6. The molecule has 0 radical (unpaired) electrons. The number of amides is 1. The minimum atomic E-state index is -1.79. The van der Waals surface area contributed by atoms with Crippen LogP contribution in [0.25, 0.3) is 0 Å². The number of carbonyl (C=O) groups is 1. The molecule has 0 bridgehead atoms. The molecule has 92 heavy (non-hydrogen) atoms. The van der Waals surface area contributed by atoms with Crippen molar-refractivity contribution in [2.75, 3.05) is 19.8 Å². The van der Waals surface area contributed by atoms with Gasteiger partial charge in [0, 0.05) is 6.42 Å². The van der Waals surface area contributed by atoms with E-state index in [0.29, 0.717) is 12.8 Å². The molecule has 12 unspecified atom stereocenters. The molecular formula is C78H149NO13. The minimum absolute atomic E-state index is 0.241. The third kappa shape index (κ3) is 45.9. The minimum Gasteiger partial charge on any atom is -0.394 e. The summed E-state index contributed by atoms with van der Waals surface area (Å²) in [5.74, 6) is -0.241. The number of allylic oxidation sites excluding steroid dienone is 3. The van der Waals surface area contributed by atoms with E-state index in [1.54, 1.807) is 6.08 Å². The molecule has 12 atom stereocenters. The zero-order valence-electron chi connectivity index (χ0n) is 59.6. The first kappa shape index (κ1) is 86.6. The molecule has 2 aliphatic rings. The predicted molar refractivity (Wildman–Crippen MR) is 378 cm³/mol. The highest BCUT2D eigenvalue weighted by Gasteiger charge is 2.51. The van der Waals surface area contributed by atoms with Gasteiger partial charge in [0.1, 0.15) is 48.8 Å². The second-order valence-corrected chi connectivity index (χ2v) is 28.2. The maximum atomic E-state index is 13.3. The molecule has 14 nitrogen and oxygen atoms in total. The SMILES string of the molecule is CCCCCCCCCCCCCC/C=C/CC/C=C/C(O)C(COC1OC(CO)C(OC2OC(CO)C(O)C(O)C2O)C(O)C1O)NC(=O)CCCCCCCCCCCCCCCCCCCCCCCCCCCCCCCCCCCCCCCCCC. The summed E-state index contributed by atoms with van der Waals surface area (Å²) >= 11 is 0. The van der Waals surface area contributed by atoms with E-state index in [9.17, 15) is 45.6 Å². The van der Waals surface area contributed by atoms with Crippen molar-refractivity contribution in [1.82, 2.24) is 5.32 Å². The smallest absolute Gasteiger partial charge is 0.220 e. The van der Waals surface area contributed by atoms with Crippen molar-refractivity contribution >= 4 is 5.91 Å². The van der Waals surface area contributed by atoms with Gasteiger partial charge in [0.15, 0.2) is 12.6 Å². The van der Waals surface area contributed by atoms with E-state index in [0.717, 1.165) is 32.1 Å². The third-order valence-electron chi connectivity index (χ3n) is 19.6. The van der Waals surface area contributed by atoms with Crippen LogP contribution in [0.3, 0.4) is 0 Å². The standard InChI is InChI=1S/C78H149NO13/c1-3-5-7-9-11-13-15-17-19-21-23-24-25-26-27-28-29-30-31-32-33-34-35-36-37-38-39-40-41-42-43-44-46-48-50-52-54-56-58-60-62-70(83)79-66(67(82)61-59-57-55-53-51-49-47-45-22-20-18-16-14-12-10-8-6-4-2)65-89-77-75(88)73(86)76(69(64-81)91-77)92-78-74(87)72(85)71(84)68(63-80)90-78/h51,53,59,61,66-69,71-78,80-82,84-88H,3-50,52,54-58,60,62-65H2,1-2H3,(H,79,83)/b53-51+,61-59+. The van der Waals surface area contributed by atoms with Gasteiger partial charge in [-0.2, -0.15) is 0 Å². The average Bonchev–Trinajstić information content (AvgIpc) is 0.850. The predicted octanol–water partition coefficient (Wildman–Crippen LogP) is 17.5. The van der Waals surface area contributed by atoms with E-state index >= 15 is 0 Å². The van der Waals surface area contributed by atoms with Crippen molar-refractivity contribution in [3.8, 4) is 0 Å². The maximum absolute atomic E-state index is 13.3. The van der Waals surface area contributed by atoms with Gasteiger partial charge in [-0.05, 0) is 32.1 Å². The van der Waals surface area contributed by atoms with Gasteiger partial charge in [0.2, 0.25) is 5.91 Å². The van der Waals surface area contributed by atoms with Crippen molar-refractivity contribution in [2.45, 2.75) is 447 Å². The molecular weight excluding hydrogens is 1160 g/mol. The highest BCUT2D eigenvalue weighted by molar-refractivity contribution is 5.76. The summed E-state index contributed by atoms with van der Waals surface area (Å²) in [6.45, 7) is 2.84. The van der Waals surface area contributed by atoms with Crippen LogP contribution in [0.2, 0.25) is 0 Å². The molecule has 0 spiro atoms. The molecule has 2 saturated heterocycles. The third-order valence-corrected chi connectivity index (χ3v) is 19.6. The molecule has 14 heteroatoms. The van der Waals surface area contributed by atoms with E-state index in [1.165, 1.54) is 308 Å². The number of nitrogens with one attached hydrogen (secondary N) is 1. The van der Waals surface area contributed by atoms with Crippen LogP contribution in [0, 0.1) is 0 Å². The van der Waals surface area contributed by atoms with Crippen LogP contribution in [-0.2, 0) is 23.7 Å². The fourth-order valence-corrected chi connectivity index (χ4v) is 13.4. The Hall–Kier alpha value is -1.53. The monoisotopic (exact) mass is 1310 g/mol. The van der Waals surface area contributed by atoms with Crippen LogP contribution >= 0.6 is 0 Å². The van der Waals surface area contributed by atoms with E-state index in [4.69, 9.17) is 18.9 Å². The molecule has 0 aromatic carbocycles. The number of hydrogen-bond acceptors (Lipinski definition) is 13. The second-order valence-electron chi connectivity index (χ2n) is 28.2. The Morgan fingerprint density at radius 1 is 0.380 bits per heavy atom. The van der Waals surface area contributed by atoms with E-state index in [1.807, 2.05) is 6.08 Å². The molecule has 2 heterocycles. The molecule has 0 aliphatic carbocycles. The van der Waals surface area contributed by atoms with Gasteiger partial charge >= 0.3 is 0 Å². The molecule has 0 aromatic heterocycles. The van der Waals surface area contributed by atoms with Gasteiger partial charge in [0.05, 0.1) is 32.0 Å². The van der Waals surface area contributed by atoms with Crippen molar-refractivity contribution in [1.29, 1.82) is 0 Å². The van der Waals surface area contributed by atoms with Gasteiger partial charge < -0.3 is 65.1 Å². The molecule has 1 amide bonds. The summed E-state index contributed by atoms with van der Waals surface area (Å²) in [6.07, 6.45) is 64.3. The number of rotatable bonds is 67. The fraction of sp³-hybridized carbons (Fsp3) is 0.936. The molecule has 2 fully saturated rings. The lowest BCUT2D eigenvalue weighted by Gasteiger charge is -2.46. The lowest BCUT2D eigenvalue weighted by atomic mass is 9.97. The normalized spacial score (nSPS) is 22.7. The quantitative estimate of drug-likeness (QED) is 0.0204. The van der Waals surface area contributed by atoms with Crippen LogP contribution < -0.4 is 5.32 Å². The summed E-state index contributed by atoms with van der Waals surface area (Å²) in [5, 5.41) is 87.5.